The van der Waals surface area contributed by atoms with Gasteiger partial charge in [-0.05, 0) is 44.2 Å². The third-order valence-corrected chi connectivity index (χ3v) is 4.19. The van der Waals surface area contributed by atoms with Crippen LogP contribution in [0.2, 0.25) is 0 Å². The Balaban J connectivity index is 1.76. The normalized spacial score (nSPS) is 45.5. The predicted molar refractivity (Wildman–Crippen MR) is 53.7 cm³/mol. The van der Waals surface area contributed by atoms with Crippen molar-refractivity contribution in [1.29, 1.82) is 0 Å². The van der Waals surface area contributed by atoms with Crippen LogP contribution >= 0.6 is 0 Å². The van der Waals surface area contributed by atoms with Crippen LogP contribution in [0.5, 0.6) is 0 Å². The minimum absolute atomic E-state index is 0.910. The molecule has 3 fully saturated rings. The van der Waals surface area contributed by atoms with Crippen LogP contribution in [0.15, 0.2) is 0 Å². The average molecular weight is 180 g/mol. The predicted octanol–water partition coefficient (Wildman–Crippen LogP) is 1.08. The number of hydrogen-bond donors (Lipinski definition) is 1. The summed E-state index contributed by atoms with van der Waals surface area (Å²) < 4.78 is 0. The maximum absolute atomic E-state index is 3.54. The number of hydrogen-bond acceptors (Lipinski definition) is 2. The van der Waals surface area contributed by atoms with Crippen molar-refractivity contribution in [1.82, 2.24) is 10.2 Å². The molecule has 13 heavy (non-hydrogen) atoms. The zero-order valence-corrected chi connectivity index (χ0v) is 8.50. The molecule has 0 aromatic heterocycles. The van der Waals surface area contributed by atoms with Gasteiger partial charge in [0.05, 0.1) is 0 Å². The van der Waals surface area contributed by atoms with E-state index in [9.17, 15) is 0 Å². The second kappa shape index (κ2) is 2.96. The van der Waals surface area contributed by atoms with Gasteiger partial charge in [-0.1, -0.05) is 6.92 Å². The number of nitrogens with one attached hydrogen (secondary N) is 1. The lowest BCUT2D eigenvalue weighted by Crippen LogP contribution is -2.36. The molecule has 2 nitrogen and oxygen atoms in total. The zero-order chi connectivity index (χ0) is 8.84. The van der Waals surface area contributed by atoms with Crippen LogP contribution in [0.1, 0.15) is 26.2 Å². The third-order valence-electron chi connectivity index (χ3n) is 4.19. The number of likely N-dealkylation sites (tertiary alicyclic amines) is 1. The lowest BCUT2D eigenvalue weighted by atomic mass is 9.93. The smallest absolute Gasteiger partial charge is 0.0140 e. The number of fused-ring (bicyclic) bond motifs is 1. The van der Waals surface area contributed by atoms with Gasteiger partial charge < -0.3 is 5.32 Å². The van der Waals surface area contributed by atoms with Crippen molar-refractivity contribution in [3.05, 3.63) is 0 Å². The van der Waals surface area contributed by atoms with Gasteiger partial charge in [-0.2, -0.15) is 0 Å². The first-order chi connectivity index (χ1) is 6.40. The highest BCUT2D eigenvalue weighted by Gasteiger charge is 2.47. The van der Waals surface area contributed by atoms with E-state index in [1.54, 1.807) is 0 Å². The van der Waals surface area contributed by atoms with Crippen LogP contribution in [0.4, 0.5) is 0 Å². The van der Waals surface area contributed by atoms with Crippen molar-refractivity contribution in [2.45, 2.75) is 38.3 Å². The maximum atomic E-state index is 3.54. The SMILES string of the molecule is CCC1C2CNCC2CN1C1CC1. The zero-order valence-electron chi connectivity index (χ0n) is 8.50. The molecule has 3 rings (SSSR count). The average Bonchev–Trinajstić information content (AvgIpc) is 2.76. The van der Waals surface area contributed by atoms with Crippen molar-refractivity contribution in [2.75, 3.05) is 19.6 Å². The molecule has 3 aliphatic rings. The van der Waals surface area contributed by atoms with Gasteiger partial charge in [0.15, 0.2) is 0 Å². The molecule has 2 heteroatoms. The molecule has 2 aliphatic heterocycles. The Morgan fingerprint density at radius 2 is 2.15 bits per heavy atom. The van der Waals surface area contributed by atoms with Gasteiger partial charge in [-0.25, -0.2) is 0 Å². The molecule has 2 saturated heterocycles. The summed E-state index contributed by atoms with van der Waals surface area (Å²) in [7, 11) is 0. The lowest BCUT2D eigenvalue weighted by molar-refractivity contribution is 0.209. The quantitative estimate of drug-likeness (QED) is 0.684. The van der Waals surface area contributed by atoms with Crippen molar-refractivity contribution in [2.24, 2.45) is 11.8 Å². The van der Waals surface area contributed by atoms with Crippen LogP contribution < -0.4 is 5.32 Å². The van der Waals surface area contributed by atoms with Crippen molar-refractivity contribution < 1.29 is 0 Å². The molecule has 2 heterocycles. The largest absolute Gasteiger partial charge is 0.316 e. The van der Waals surface area contributed by atoms with Crippen LogP contribution in [-0.2, 0) is 0 Å². The monoisotopic (exact) mass is 180 g/mol. The minimum Gasteiger partial charge on any atom is -0.316 e. The van der Waals surface area contributed by atoms with Crippen LogP contribution in [0.3, 0.4) is 0 Å². The molecule has 74 valence electrons. The van der Waals surface area contributed by atoms with E-state index < -0.39 is 0 Å². The van der Waals surface area contributed by atoms with Gasteiger partial charge in [0, 0.05) is 18.6 Å². The van der Waals surface area contributed by atoms with Gasteiger partial charge in [0.2, 0.25) is 0 Å². The van der Waals surface area contributed by atoms with E-state index in [4.69, 9.17) is 0 Å². The molecule has 1 N–H and O–H groups in total. The minimum atomic E-state index is 0.910. The molecular weight excluding hydrogens is 160 g/mol. The summed E-state index contributed by atoms with van der Waals surface area (Å²) >= 11 is 0. The fourth-order valence-corrected chi connectivity index (χ4v) is 3.42. The molecule has 3 atom stereocenters. The first-order valence-corrected chi connectivity index (χ1v) is 5.86. The molecule has 0 radical (unpaired) electrons. The Morgan fingerprint density at radius 1 is 1.31 bits per heavy atom. The van der Waals surface area contributed by atoms with Crippen molar-refractivity contribution in [3.63, 3.8) is 0 Å². The molecule has 3 unspecified atom stereocenters. The maximum Gasteiger partial charge on any atom is 0.0140 e. The molecule has 0 aromatic rings. The third kappa shape index (κ3) is 1.23. The molecular formula is C11H20N2. The Bertz CT molecular complexity index is 200. The molecule has 0 bridgehead atoms. The summed E-state index contributed by atoms with van der Waals surface area (Å²) in [6.45, 7) is 6.32. The fraction of sp³-hybridized carbons (Fsp3) is 1.00. The van der Waals surface area contributed by atoms with E-state index in [-0.39, 0.29) is 0 Å². The highest BCUT2D eigenvalue weighted by molar-refractivity contribution is 5.02. The lowest BCUT2D eigenvalue weighted by Gasteiger charge is -2.26. The molecule has 0 spiro atoms. The highest BCUT2D eigenvalue weighted by atomic mass is 15.3. The Labute approximate surface area is 80.7 Å². The van der Waals surface area contributed by atoms with Gasteiger partial charge in [0.1, 0.15) is 0 Å². The second-order valence-electron chi connectivity index (χ2n) is 4.99. The standard InChI is InChI=1S/C11H20N2/c1-2-11-10-6-12-5-8(10)7-13(11)9-3-4-9/h8-12H,2-7H2,1H3. The molecule has 1 saturated carbocycles. The molecule has 0 amide bonds. The van der Waals surface area contributed by atoms with E-state index in [0.717, 1.165) is 23.9 Å². The first kappa shape index (κ1) is 8.25. The van der Waals surface area contributed by atoms with Crippen LogP contribution in [0, 0.1) is 11.8 Å². The Kier molecular flexibility index (Phi) is 1.88. The molecule has 1 aliphatic carbocycles. The van der Waals surface area contributed by atoms with Crippen LogP contribution in [0.25, 0.3) is 0 Å². The Hall–Kier alpha value is -0.0800. The van der Waals surface area contributed by atoms with E-state index >= 15 is 0 Å². The Morgan fingerprint density at radius 3 is 2.85 bits per heavy atom. The van der Waals surface area contributed by atoms with E-state index in [1.807, 2.05) is 0 Å². The van der Waals surface area contributed by atoms with E-state index in [2.05, 4.69) is 17.1 Å². The number of rotatable bonds is 2. The van der Waals surface area contributed by atoms with Crippen molar-refractivity contribution in [3.8, 4) is 0 Å². The van der Waals surface area contributed by atoms with Gasteiger partial charge in [-0.15, -0.1) is 0 Å². The number of nitrogens with zero attached hydrogens (tertiary/aromatic N) is 1. The summed E-state index contributed by atoms with van der Waals surface area (Å²) in [4.78, 5) is 2.82. The summed E-state index contributed by atoms with van der Waals surface area (Å²) in [5.74, 6) is 1.95. The topological polar surface area (TPSA) is 15.3 Å². The first-order valence-electron chi connectivity index (χ1n) is 5.86. The second-order valence-corrected chi connectivity index (χ2v) is 4.99. The summed E-state index contributed by atoms with van der Waals surface area (Å²) in [6.07, 6.45) is 4.31. The van der Waals surface area contributed by atoms with E-state index in [1.165, 1.54) is 38.9 Å². The van der Waals surface area contributed by atoms with Gasteiger partial charge >= 0.3 is 0 Å². The fourth-order valence-electron chi connectivity index (χ4n) is 3.42. The molecule has 0 aromatic carbocycles. The summed E-state index contributed by atoms with van der Waals surface area (Å²) in [5.41, 5.74) is 0. The van der Waals surface area contributed by atoms with Crippen molar-refractivity contribution >= 4 is 0 Å². The van der Waals surface area contributed by atoms with Gasteiger partial charge in [0.25, 0.3) is 0 Å². The highest BCUT2D eigenvalue weighted by Crippen LogP contribution is 2.41. The summed E-state index contributed by atoms with van der Waals surface area (Å²) in [5, 5.41) is 3.54. The van der Waals surface area contributed by atoms with Gasteiger partial charge in [-0.3, -0.25) is 4.90 Å². The van der Waals surface area contributed by atoms with E-state index in [0.29, 0.717) is 0 Å². The summed E-state index contributed by atoms with van der Waals surface area (Å²) in [6, 6.07) is 1.89. The van der Waals surface area contributed by atoms with Crippen LogP contribution in [-0.4, -0.2) is 36.6 Å².